The van der Waals surface area contributed by atoms with Crippen molar-refractivity contribution < 1.29 is 0 Å². The van der Waals surface area contributed by atoms with Crippen LogP contribution in [-0.2, 0) is 0 Å². The third-order valence-electron chi connectivity index (χ3n) is 4.67. The molecule has 1 saturated carbocycles. The van der Waals surface area contributed by atoms with Crippen LogP contribution in [-0.4, -0.2) is 9.97 Å². The highest BCUT2D eigenvalue weighted by molar-refractivity contribution is 5.95. The maximum atomic E-state index is 4.67. The number of nitrogens with zero attached hydrogens (tertiary/aromatic N) is 1. The van der Waals surface area contributed by atoms with Crippen molar-refractivity contribution in [2.45, 2.75) is 38.0 Å². The van der Waals surface area contributed by atoms with Gasteiger partial charge in [0.25, 0.3) is 0 Å². The lowest BCUT2D eigenvalue weighted by Crippen LogP contribution is -2.06. The van der Waals surface area contributed by atoms with Gasteiger partial charge in [-0.2, -0.15) is 0 Å². The summed E-state index contributed by atoms with van der Waals surface area (Å²) in [5, 5.41) is 2.57. The fourth-order valence-corrected chi connectivity index (χ4v) is 3.52. The standard InChI is InChI=1S/C19H20N2/c1-2-8-15(9-3-1)19-20-13-18(21-19)17-12-6-10-14-7-4-5-11-16(14)17/h4-7,10-13,15H,1-3,8-9H2,(H,20,21). The largest absolute Gasteiger partial charge is 0.342 e. The zero-order valence-electron chi connectivity index (χ0n) is 12.2. The van der Waals surface area contributed by atoms with Gasteiger partial charge in [0.1, 0.15) is 5.82 Å². The molecule has 0 unspecified atom stereocenters. The number of hydrogen-bond acceptors (Lipinski definition) is 1. The second-order valence-corrected chi connectivity index (χ2v) is 6.04. The maximum absolute atomic E-state index is 4.67. The Morgan fingerprint density at radius 2 is 1.71 bits per heavy atom. The molecule has 21 heavy (non-hydrogen) atoms. The molecule has 1 aliphatic carbocycles. The zero-order valence-corrected chi connectivity index (χ0v) is 12.2. The Kier molecular flexibility index (Phi) is 3.23. The van der Waals surface area contributed by atoms with Gasteiger partial charge in [-0.1, -0.05) is 61.7 Å². The number of imidazole rings is 1. The van der Waals surface area contributed by atoms with E-state index in [0.29, 0.717) is 5.92 Å². The van der Waals surface area contributed by atoms with Crippen molar-refractivity contribution in [1.82, 2.24) is 9.97 Å². The maximum Gasteiger partial charge on any atom is 0.109 e. The van der Waals surface area contributed by atoms with Crippen LogP contribution in [0.2, 0.25) is 0 Å². The minimum Gasteiger partial charge on any atom is -0.342 e. The van der Waals surface area contributed by atoms with Gasteiger partial charge in [-0.3, -0.25) is 0 Å². The molecule has 2 nitrogen and oxygen atoms in total. The highest BCUT2D eigenvalue weighted by Gasteiger charge is 2.18. The van der Waals surface area contributed by atoms with Crippen LogP contribution in [0.4, 0.5) is 0 Å². The van der Waals surface area contributed by atoms with Crippen molar-refractivity contribution in [1.29, 1.82) is 0 Å². The third kappa shape index (κ3) is 2.35. The molecule has 1 aliphatic rings. The second kappa shape index (κ2) is 5.36. The predicted octanol–water partition coefficient (Wildman–Crippen LogP) is 5.28. The van der Waals surface area contributed by atoms with E-state index < -0.39 is 0 Å². The summed E-state index contributed by atoms with van der Waals surface area (Å²) in [6.45, 7) is 0. The van der Waals surface area contributed by atoms with E-state index in [4.69, 9.17) is 0 Å². The average molecular weight is 276 g/mol. The van der Waals surface area contributed by atoms with E-state index in [1.165, 1.54) is 54.3 Å². The van der Waals surface area contributed by atoms with Crippen molar-refractivity contribution in [3.63, 3.8) is 0 Å². The van der Waals surface area contributed by atoms with Crippen LogP contribution < -0.4 is 0 Å². The normalized spacial score (nSPS) is 16.4. The summed E-state index contributed by atoms with van der Waals surface area (Å²) in [4.78, 5) is 8.25. The molecule has 0 radical (unpaired) electrons. The van der Waals surface area contributed by atoms with Gasteiger partial charge in [-0.05, 0) is 23.6 Å². The molecule has 0 atom stereocenters. The molecule has 2 aromatic carbocycles. The molecule has 2 heteroatoms. The van der Waals surface area contributed by atoms with Crippen molar-refractivity contribution in [3.8, 4) is 11.3 Å². The van der Waals surface area contributed by atoms with E-state index in [1.807, 2.05) is 6.20 Å². The molecule has 0 spiro atoms. The van der Waals surface area contributed by atoms with Gasteiger partial charge >= 0.3 is 0 Å². The van der Waals surface area contributed by atoms with Gasteiger partial charge < -0.3 is 4.98 Å². The van der Waals surface area contributed by atoms with Gasteiger partial charge in [-0.15, -0.1) is 0 Å². The van der Waals surface area contributed by atoms with E-state index >= 15 is 0 Å². The summed E-state index contributed by atoms with van der Waals surface area (Å²) >= 11 is 0. The van der Waals surface area contributed by atoms with E-state index in [0.717, 1.165) is 5.69 Å². The quantitative estimate of drug-likeness (QED) is 0.678. The van der Waals surface area contributed by atoms with E-state index in [2.05, 4.69) is 52.4 Å². The lowest BCUT2D eigenvalue weighted by molar-refractivity contribution is 0.431. The molecule has 4 rings (SSSR count). The SMILES string of the molecule is c1ccc2c(-c3cnc(C4CCCCC4)[nH]3)cccc2c1. The molecule has 106 valence electrons. The van der Waals surface area contributed by atoms with Crippen molar-refractivity contribution in [2.75, 3.05) is 0 Å². The second-order valence-electron chi connectivity index (χ2n) is 6.04. The van der Waals surface area contributed by atoms with Gasteiger partial charge in [0.05, 0.1) is 11.9 Å². The number of H-pyrrole nitrogens is 1. The highest BCUT2D eigenvalue weighted by atomic mass is 14.9. The zero-order chi connectivity index (χ0) is 14.1. The van der Waals surface area contributed by atoms with Gasteiger partial charge in [0, 0.05) is 11.5 Å². The van der Waals surface area contributed by atoms with Gasteiger partial charge in [0.2, 0.25) is 0 Å². The molecule has 0 bridgehead atoms. The van der Waals surface area contributed by atoms with E-state index in [9.17, 15) is 0 Å². The first-order valence-electron chi connectivity index (χ1n) is 7.95. The molecule has 3 aromatic rings. The average Bonchev–Trinajstić information content (AvgIpc) is 3.05. The Labute approximate surface area is 125 Å². The monoisotopic (exact) mass is 276 g/mol. The summed E-state index contributed by atoms with van der Waals surface area (Å²) in [7, 11) is 0. The van der Waals surface area contributed by atoms with Crippen LogP contribution in [0.3, 0.4) is 0 Å². The molecule has 1 N–H and O–H groups in total. The number of aromatic nitrogens is 2. The minimum atomic E-state index is 0.627. The Balaban J connectivity index is 1.74. The van der Waals surface area contributed by atoms with E-state index in [-0.39, 0.29) is 0 Å². The number of hydrogen-bond donors (Lipinski definition) is 1. The first-order valence-corrected chi connectivity index (χ1v) is 7.95. The predicted molar refractivity (Wildman–Crippen MR) is 87.4 cm³/mol. The number of rotatable bonds is 2. The summed E-state index contributed by atoms with van der Waals surface area (Å²) < 4.78 is 0. The Morgan fingerprint density at radius 1 is 0.905 bits per heavy atom. The summed E-state index contributed by atoms with van der Waals surface area (Å²) in [5.41, 5.74) is 2.40. The Bertz CT molecular complexity index is 746. The van der Waals surface area contributed by atoms with Crippen molar-refractivity contribution in [2.24, 2.45) is 0 Å². The molecule has 0 aliphatic heterocycles. The molecule has 0 amide bonds. The summed E-state index contributed by atoms with van der Waals surface area (Å²) in [6, 6.07) is 15.0. The fraction of sp³-hybridized carbons (Fsp3) is 0.316. The van der Waals surface area contributed by atoms with Gasteiger partial charge in [0.15, 0.2) is 0 Å². The Hall–Kier alpha value is -2.09. The van der Waals surface area contributed by atoms with Crippen LogP contribution in [0.5, 0.6) is 0 Å². The lowest BCUT2D eigenvalue weighted by atomic mass is 9.89. The van der Waals surface area contributed by atoms with Crippen LogP contribution in [0.1, 0.15) is 43.8 Å². The third-order valence-corrected chi connectivity index (χ3v) is 4.67. The molecular formula is C19H20N2. The highest BCUT2D eigenvalue weighted by Crippen LogP contribution is 2.33. The molecular weight excluding hydrogens is 256 g/mol. The van der Waals surface area contributed by atoms with Crippen LogP contribution >= 0.6 is 0 Å². The summed E-state index contributed by atoms with van der Waals surface area (Å²) in [5.74, 6) is 1.81. The molecule has 1 fully saturated rings. The molecule has 1 heterocycles. The first-order chi connectivity index (χ1) is 10.4. The van der Waals surface area contributed by atoms with Crippen molar-refractivity contribution in [3.05, 3.63) is 54.5 Å². The fourth-order valence-electron chi connectivity index (χ4n) is 3.52. The van der Waals surface area contributed by atoms with Crippen LogP contribution in [0.15, 0.2) is 48.7 Å². The Morgan fingerprint density at radius 3 is 2.62 bits per heavy atom. The number of benzene rings is 2. The van der Waals surface area contributed by atoms with Crippen LogP contribution in [0, 0.1) is 0 Å². The van der Waals surface area contributed by atoms with Crippen LogP contribution in [0.25, 0.3) is 22.0 Å². The van der Waals surface area contributed by atoms with Gasteiger partial charge in [-0.25, -0.2) is 4.98 Å². The summed E-state index contributed by atoms with van der Waals surface area (Å²) in [6.07, 6.45) is 8.63. The number of fused-ring (bicyclic) bond motifs is 1. The van der Waals surface area contributed by atoms with E-state index in [1.54, 1.807) is 0 Å². The van der Waals surface area contributed by atoms with Crippen molar-refractivity contribution >= 4 is 10.8 Å². The smallest absolute Gasteiger partial charge is 0.109 e. The number of nitrogens with one attached hydrogen (secondary N) is 1. The lowest BCUT2D eigenvalue weighted by Gasteiger charge is -2.19. The minimum absolute atomic E-state index is 0.627. The molecule has 0 saturated heterocycles. The number of aromatic amines is 1. The first kappa shape index (κ1) is 12.6. The topological polar surface area (TPSA) is 28.7 Å². The molecule has 1 aromatic heterocycles.